The van der Waals surface area contributed by atoms with Crippen molar-refractivity contribution in [2.75, 3.05) is 18.4 Å². The number of nitrogens with two attached hydrogens (primary N) is 1. The zero-order valence-corrected chi connectivity index (χ0v) is 14.1. The Morgan fingerprint density at radius 2 is 2.22 bits per heavy atom. The van der Waals surface area contributed by atoms with Gasteiger partial charge in [0.1, 0.15) is 0 Å². The van der Waals surface area contributed by atoms with E-state index < -0.39 is 0 Å². The molecule has 1 amide bonds. The van der Waals surface area contributed by atoms with Crippen LogP contribution in [0.1, 0.15) is 23.1 Å². The first-order valence-corrected chi connectivity index (χ1v) is 8.73. The van der Waals surface area contributed by atoms with Gasteiger partial charge in [-0.05, 0) is 5.56 Å². The smallest absolute Gasteiger partial charge is 0.230 e. The molecule has 2 aromatic rings. The lowest BCUT2D eigenvalue weighted by molar-refractivity contribution is -0.119. The lowest BCUT2D eigenvalue weighted by Gasteiger charge is -2.25. The molecule has 1 aliphatic heterocycles. The molecule has 1 unspecified atom stereocenters. The van der Waals surface area contributed by atoms with Crippen LogP contribution in [0.15, 0.2) is 30.3 Å². The number of fused-ring (bicyclic) bond motifs is 1. The first-order valence-electron chi connectivity index (χ1n) is 7.91. The summed E-state index contributed by atoms with van der Waals surface area (Å²) in [7, 11) is 0. The van der Waals surface area contributed by atoms with Gasteiger partial charge in [-0.25, -0.2) is 4.98 Å². The molecule has 1 aromatic heterocycles. The van der Waals surface area contributed by atoms with Gasteiger partial charge in [0.05, 0.1) is 5.69 Å². The van der Waals surface area contributed by atoms with Gasteiger partial charge in [-0.3, -0.25) is 9.69 Å². The number of nitrogens with zero attached hydrogens (tertiary/aromatic N) is 2. The van der Waals surface area contributed by atoms with Gasteiger partial charge in [0.25, 0.3) is 0 Å². The van der Waals surface area contributed by atoms with E-state index in [1.807, 2.05) is 13.0 Å². The molecular weight excluding hydrogens is 308 g/mol. The Bertz CT molecular complexity index is 670. The van der Waals surface area contributed by atoms with Crippen LogP contribution in [0.25, 0.3) is 0 Å². The zero-order valence-electron chi connectivity index (χ0n) is 13.3. The van der Waals surface area contributed by atoms with Crippen LogP contribution in [0.4, 0.5) is 5.13 Å². The molecule has 0 radical (unpaired) electrons. The van der Waals surface area contributed by atoms with Gasteiger partial charge in [0, 0.05) is 43.4 Å². The lowest BCUT2D eigenvalue weighted by atomic mass is 10.1. The number of aromatic nitrogens is 1. The van der Waals surface area contributed by atoms with Crippen LogP contribution in [0.3, 0.4) is 0 Å². The van der Waals surface area contributed by atoms with Crippen LogP contribution in [0.2, 0.25) is 0 Å². The third-order valence-corrected chi connectivity index (χ3v) is 5.09. The van der Waals surface area contributed by atoms with E-state index in [4.69, 9.17) is 5.73 Å². The highest BCUT2D eigenvalue weighted by atomic mass is 32.1. The van der Waals surface area contributed by atoms with Crippen molar-refractivity contribution in [1.29, 1.82) is 0 Å². The molecule has 1 aromatic carbocycles. The van der Waals surface area contributed by atoms with Crippen LogP contribution in [0, 0.1) is 5.92 Å². The summed E-state index contributed by atoms with van der Waals surface area (Å²) in [5, 5.41) is 3.58. The largest absolute Gasteiger partial charge is 0.330 e. The van der Waals surface area contributed by atoms with Crippen molar-refractivity contribution in [3.05, 3.63) is 46.5 Å². The average Bonchev–Trinajstić information content (AvgIpc) is 2.96. The average molecular weight is 330 g/mol. The van der Waals surface area contributed by atoms with E-state index in [-0.39, 0.29) is 11.8 Å². The number of nitrogens with one attached hydrogen (secondary N) is 1. The highest BCUT2D eigenvalue weighted by Crippen LogP contribution is 2.29. The van der Waals surface area contributed by atoms with Gasteiger partial charge in [0.2, 0.25) is 5.91 Å². The van der Waals surface area contributed by atoms with E-state index in [0.29, 0.717) is 11.7 Å². The summed E-state index contributed by atoms with van der Waals surface area (Å²) < 4.78 is 0. The Kier molecular flexibility index (Phi) is 5.05. The Morgan fingerprint density at radius 1 is 1.43 bits per heavy atom. The van der Waals surface area contributed by atoms with Crippen LogP contribution in [-0.2, 0) is 24.3 Å². The van der Waals surface area contributed by atoms with Crippen LogP contribution < -0.4 is 11.1 Å². The van der Waals surface area contributed by atoms with Gasteiger partial charge >= 0.3 is 0 Å². The number of carbonyl (C=O) groups is 1. The van der Waals surface area contributed by atoms with Gasteiger partial charge < -0.3 is 11.1 Å². The van der Waals surface area contributed by atoms with E-state index in [1.54, 1.807) is 11.3 Å². The highest BCUT2D eigenvalue weighted by molar-refractivity contribution is 7.15. The van der Waals surface area contributed by atoms with E-state index in [2.05, 4.69) is 39.5 Å². The Morgan fingerprint density at radius 3 is 2.96 bits per heavy atom. The highest BCUT2D eigenvalue weighted by Gasteiger charge is 2.22. The van der Waals surface area contributed by atoms with E-state index in [9.17, 15) is 4.79 Å². The molecule has 6 heteroatoms. The number of carbonyl (C=O) groups excluding carboxylic acids is 1. The lowest BCUT2D eigenvalue weighted by Crippen LogP contribution is -2.29. The van der Waals surface area contributed by atoms with Crippen LogP contribution >= 0.6 is 11.3 Å². The minimum Gasteiger partial charge on any atom is -0.330 e. The van der Waals surface area contributed by atoms with Gasteiger partial charge in [-0.2, -0.15) is 0 Å². The molecule has 1 atom stereocenters. The van der Waals surface area contributed by atoms with Crippen molar-refractivity contribution >= 4 is 22.4 Å². The summed E-state index contributed by atoms with van der Waals surface area (Å²) in [6.45, 7) is 5.01. The van der Waals surface area contributed by atoms with Crippen LogP contribution in [0.5, 0.6) is 0 Å². The standard InChI is InChI=1S/C17H22N4OS/c1-12(9-18)16(22)20-17-19-14-7-8-21(11-15(14)23-17)10-13-5-3-2-4-6-13/h2-6,12H,7-11,18H2,1H3,(H,19,20,22). The Balaban J connectivity index is 1.64. The Hall–Kier alpha value is -1.76. The molecule has 0 bridgehead atoms. The normalized spacial score (nSPS) is 15.9. The number of anilines is 1. The van der Waals surface area contributed by atoms with Crippen molar-refractivity contribution in [3.8, 4) is 0 Å². The quantitative estimate of drug-likeness (QED) is 0.882. The van der Waals surface area contributed by atoms with Crippen molar-refractivity contribution in [2.24, 2.45) is 11.7 Å². The molecule has 0 aliphatic carbocycles. The number of hydrogen-bond donors (Lipinski definition) is 2. The molecule has 1 aliphatic rings. The molecule has 23 heavy (non-hydrogen) atoms. The third kappa shape index (κ3) is 3.96. The topological polar surface area (TPSA) is 71.2 Å². The predicted octanol–water partition coefficient (Wildman–Crippen LogP) is 2.23. The summed E-state index contributed by atoms with van der Waals surface area (Å²) in [4.78, 5) is 20.2. The minimum absolute atomic E-state index is 0.0558. The van der Waals surface area contributed by atoms with Crippen molar-refractivity contribution in [1.82, 2.24) is 9.88 Å². The number of thiazole rings is 1. The molecule has 0 saturated carbocycles. The molecule has 0 fully saturated rings. The predicted molar refractivity (Wildman–Crippen MR) is 93.2 cm³/mol. The van der Waals surface area contributed by atoms with Gasteiger partial charge in [-0.1, -0.05) is 37.3 Å². The molecule has 3 N–H and O–H groups in total. The SMILES string of the molecule is CC(CN)C(=O)Nc1nc2c(s1)CN(Cc1ccccc1)CC2. The molecule has 0 saturated heterocycles. The molecule has 2 heterocycles. The maximum absolute atomic E-state index is 11.9. The van der Waals surface area contributed by atoms with Crippen molar-refractivity contribution in [3.63, 3.8) is 0 Å². The molecule has 3 rings (SSSR count). The maximum Gasteiger partial charge on any atom is 0.230 e. The van der Waals surface area contributed by atoms with E-state index in [0.717, 1.165) is 31.7 Å². The number of amides is 1. The number of rotatable bonds is 5. The zero-order chi connectivity index (χ0) is 16.2. The minimum atomic E-state index is -0.189. The fourth-order valence-corrected chi connectivity index (χ4v) is 3.67. The van der Waals surface area contributed by atoms with E-state index >= 15 is 0 Å². The fraction of sp³-hybridized carbons (Fsp3) is 0.412. The van der Waals surface area contributed by atoms with Gasteiger partial charge in [0.15, 0.2) is 5.13 Å². The number of hydrogen-bond acceptors (Lipinski definition) is 5. The van der Waals surface area contributed by atoms with Crippen molar-refractivity contribution < 1.29 is 4.79 Å². The summed E-state index contributed by atoms with van der Waals surface area (Å²) >= 11 is 1.58. The summed E-state index contributed by atoms with van der Waals surface area (Å²) in [5.41, 5.74) is 7.98. The second-order valence-corrected chi connectivity index (χ2v) is 7.04. The summed E-state index contributed by atoms with van der Waals surface area (Å²) in [6.07, 6.45) is 0.932. The van der Waals surface area contributed by atoms with Gasteiger partial charge in [-0.15, -0.1) is 11.3 Å². The maximum atomic E-state index is 11.9. The molecule has 0 spiro atoms. The van der Waals surface area contributed by atoms with Crippen LogP contribution in [-0.4, -0.2) is 28.9 Å². The molecule has 5 nitrogen and oxygen atoms in total. The summed E-state index contributed by atoms with van der Waals surface area (Å²) in [6, 6.07) is 10.5. The fourth-order valence-electron chi connectivity index (χ4n) is 2.61. The van der Waals surface area contributed by atoms with E-state index in [1.165, 1.54) is 10.4 Å². The third-order valence-electron chi connectivity index (χ3n) is 4.09. The number of benzene rings is 1. The Labute approximate surface area is 140 Å². The first-order chi connectivity index (χ1) is 11.2. The second-order valence-electron chi connectivity index (χ2n) is 5.96. The monoisotopic (exact) mass is 330 g/mol. The molecular formula is C17H22N4OS. The second kappa shape index (κ2) is 7.21. The summed E-state index contributed by atoms with van der Waals surface area (Å²) in [5.74, 6) is -0.245. The van der Waals surface area contributed by atoms with Crippen molar-refractivity contribution in [2.45, 2.75) is 26.4 Å². The first kappa shape index (κ1) is 16.1. The molecule has 122 valence electrons.